The fourth-order valence-electron chi connectivity index (χ4n) is 1.41. The topological polar surface area (TPSA) is 111 Å². The van der Waals surface area contributed by atoms with Crippen LogP contribution in [0, 0.1) is 6.92 Å². The Hall–Kier alpha value is -1.45. The van der Waals surface area contributed by atoms with Crippen molar-refractivity contribution in [3.8, 4) is 0 Å². The Bertz CT molecular complexity index is 537. The smallest absolute Gasteiger partial charge is 0.356 e. The van der Waals surface area contributed by atoms with Gasteiger partial charge in [0.25, 0.3) is 0 Å². The Balaban J connectivity index is 2.51. The van der Waals surface area contributed by atoms with E-state index in [0.29, 0.717) is 5.69 Å². The summed E-state index contributed by atoms with van der Waals surface area (Å²) in [5.41, 5.74) is 0.605. The first-order chi connectivity index (χ1) is 8.85. The number of hydrogen-bond acceptors (Lipinski definition) is 5. The average Bonchev–Trinajstić information content (AvgIpc) is 2.69. The maximum atomic E-state index is 11.5. The lowest BCUT2D eigenvalue weighted by Gasteiger charge is -2.07. The third kappa shape index (κ3) is 4.97. The molecule has 0 atom stereocenters. The van der Waals surface area contributed by atoms with Gasteiger partial charge in [0.1, 0.15) is 0 Å². The van der Waals surface area contributed by atoms with Crippen molar-refractivity contribution in [2.75, 3.05) is 26.0 Å². The van der Waals surface area contributed by atoms with Crippen molar-refractivity contribution in [1.29, 1.82) is 0 Å². The molecule has 8 nitrogen and oxygen atoms in total. The van der Waals surface area contributed by atoms with E-state index < -0.39 is 16.0 Å². The lowest BCUT2D eigenvalue weighted by molar-refractivity contribution is 0.0689. The number of nitrogens with one attached hydrogen (secondary N) is 1. The fourth-order valence-corrected chi connectivity index (χ4v) is 2.35. The second-order valence-corrected chi connectivity index (χ2v) is 5.83. The molecule has 0 aliphatic rings. The number of methoxy groups -OCH3 is 1. The van der Waals surface area contributed by atoms with E-state index in [1.165, 1.54) is 17.9 Å². The van der Waals surface area contributed by atoms with Gasteiger partial charge < -0.3 is 9.84 Å². The molecule has 0 aromatic carbocycles. The first-order valence-corrected chi connectivity index (χ1v) is 7.25. The summed E-state index contributed by atoms with van der Waals surface area (Å²) in [5, 5.41) is 12.6. The highest BCUT2D eigenvalue weighted by molar-refractivity contribution is 7.89. The third-order valence-corrected chi connectivity index (χ3v) is 3.75. The normalized spacial score (nSPS) is 11.7. The van der Waals surface area contributed by atoms with E-state index >= 15 is 0 Å². The third-order valence-electron chi connectivity index (χ3n) is 2.40. The van der Waals surface area contributed by atoms with Gasteiger partial charge in [-0.3, -0.25) is 4.68 Å². The van der Waals surface area contributed by atoms with Crippen molar-refractivity contribution >= 4 is 16.0 Å². The number of carboxylic acid groups (broad SMARTS) is 1. The maximum absolute atomic E-state index is 11.5. The van der Waals surface area contributed by atoms with Crippen LogP contribution >= 0.6 is 0 Å². The highest BCUT2D eigenvalue weighted by Crippen LogP contribution is 2.02. The van der Waals surface area contributed by atoms with Crippen LogP contribution in [0.5, 0.6) is 0 Å². The Labute approximate surface area is 111 Å². The van der Waals surface area contributed by atoms with Crippen LogP contribution in [-0.4, -0.2) is 55.3 Å². The van der Waals surface area contributed by atoms with Crippen LogP contribution in [0.3, 0.4) is 0 Å². The highest BCUT2D eigenvalue weighted by Gasteiger charge is 2.12. The molecule has 1 heterocycles. The Morgan fingerprint density at radius 3 is 2.79 bits per heavy atom. The minimum absolute atomic E-state index is 0.0558. The Morgan fingerprint density at radius 2 is 2.26 bits per heavy atom. The number of carboxylic acids is 1. The fraction of sp³-hybridized carbons (Fsp3) is 0.600. The van der Waals surface area contributed by atoms with Gasteiger partial charge in [0, 0.05) is 19.3 Å². The second-order valence-electron chi connectivity index (χ2n) is 3.91. The van der Waals surface area contributed by atoms with Gasteiger partial charge in [-0.15, -0.1) is 0 Å². The summed E-state index contributed by atoms with van der Waals surface area (Å²) in [5.74, 6) is -1.22. The van der Waals surface area contributed by atoms with Crippen LogP contribution in [-0.2, 0) is 21.3 Å². The molecule has 0 saturated heterocycles. The summed E-state index contributed by atoms with van der Waals surface area (Å²) in [6, 6.07) is 1.43. The number of aromatic nitrogens is 2. The number of ether oxygens (including phenoxy) is 1. The summed E-state index contributed by atoms with van der Waals surface area (Å²) < 4.78 is 31.5. The molecule has 9 heteroatoms. The van der Waals surface area contributed by atoms with Crippen LogP contribution < -0.4 is 4.72 Å². The number of sulfonamides is 1. The van der Waals surface area contributed by atoms with Crippen LogP contribution in [0.25, 0.3) is 0 Å². The number of aryl methyl sites for hydroxylation is 1. The van der Waals surface area contributed by atoms with Crippen LogP contribution in [0.15, 0.2) is 6.07 Å². The molecular formula is C10H17N3O5S. The lowest BCUT2D eigenvalue weighted by Crippen LogP contribution is -2.31. The summed E-state index contributed by atoms with van der Waals surface area (Å²) in [4.78, 5) is 10.7. The number of hydrogen-bond donors (Lipinski definition) is 2. The Kier molecular flexibility index (Phi) is 5.45. The van der Waals surface area contributed by atoms with E-state index in [-0.39, 0.29) is 31.1 Å². The van der Waals surface area contributed by atoms with Gasteiger partial charge in [0.15, 0.2) is 5.69 Å². The van der Waals surface area contributed by atoms with Crippen molar-refractivity contribution in [2.24, 2.45) is 0 Å². The quantitative estimate of drug-likeness (QED) is 0.665. The number of carbonyl (C=O) groups is 1. The predicted molar refractivity (Wildman–Crippen MR) is 67.6 cm³/mol. The minimum atomic E-state index is -3.37. The summed E-state index contributed by atoms with van der Waals surface area (Å²) >= 11 is 0. The zero-order chi connectivity index (χ0) is 14.5. The van der Waals surface area contributed by atoms with Crippen molar-refractivity contribution in [2.45, 2.75) is 13.5 Å². The van der Waals surface area contributed by atoms with Gasteiger partial charge in [0.2, 0.25) is 10.0 Å². The molecule has 0 amide bonds. The average molecular weight is 291 g/mol. The molecule has 0 saturated carbocycles. The summed E-state index contributed by atoms with van der Waals surface area (Å²) in [6.45, 7) is 2.25. The van der Waals surface area contributed by atoms with Gasteiger partial charge in [-0.2, -0.15) is 5.10 Å². The van der Waals surface area contributed by atoms with Gasteiger partial charge in [0.05, 0.1) is 18.9 Å². The molecule has 0 fully saturated rings. The molecule has 0 aliphatic heterocycles. The molecule has 1 aromatic rings. The van der Waals surface area contributed by atoms with E-state index in [9.17, 15) is 13.2 Å². The predicted octanol–water partition coefficient (Wildman–Crippen LogP) is -0.544. The van der Waals surface area contributed by atoms with E-state index in [1.807, 2.05) is 0 Å². The molecule has 1 rings (SSSR count). The number of aromatic carboxylic acids is 1. The maximum Gasteiger partial charge on any atom is 0.356 e. The molecule has 0 bridgehead atoms. The standard InChI is InChI=1S/C10H17N3O5S/c1-8-7-9(10(14)15)12-13(8)4-3-11-19(16,17)6-5-18-2/h7,11H,3-6H2,1-2H3,(H,14,15). The molecule has 19 heavy (non-hydrogen) atoms. The lowest BCUT2D eigenvalue weighted by atomic mass is 10.4. The molecule has 1 aromatic heterocycles. The summed E-state index contributed by atoms with van der Waals surface area (Å²) in [7, 11) is -1.94. The molecule has 108 valence electrons. The molecular weight excluding hydrogens is 274 g/mol. The number of nitrogens with zero attached hydrogens (tertiary/aromatic N) is 2. The van der Waals surface area contributed by atoms with Gasteiger partial charge >= 0.3 is 5.97 Å². The number of rotatable bonds is 8. The zero-order valence-corrected chi connectivity index (χ0v) is 11.6. The Morgan fingerprint density at radius 1 is 1.58 bits per heavy atom. The van der Waals surface area contributed by atoms with E-state index in [4.69, 9.17) is 5.11 Å². The van der Waals surface area contributed by atoms with Gasteiger partial charge in [-0.05, 0) is 13.0 Å². The van der Waals surface area contributed by atoms with Crippen LogP contribution in [0.4, 0.5) is 0 Å². The van der Waals surface area contributed by atoms with Crippen molar-refractivity contribution < 1.29 is 23.1 Å². The van der Waals surface area contributed by atoms with Crippen molar-refractivity contribution in [3.05, 3.63) is 17.5 Å². The molecule has 0 spiro atoms. The van der Waals surface area contributed by atoms with Crippen LogP contribution in [0.1, 0.15) is 16.2 Å². The minimum Gasteiger partial charge on any atom is -0.476 e. The van der Waals surface area contributed by atoms with Crippen molar-refractivity contribution in [1.82, 2.24) is 14.5 Å². The monoisotopic (exact) mass is 291 g/mol. The van der Waals surface area contributed by atoms with E-state index in [1.54, 1.807) is 6.92 Å². The molecule has 0 aliphatic carbocycles. The summed E-state index contributed by atoms with van der Waals surface area (Å²) in [6.07, 6.45) is 0. The molecule has 0 radical (unpaired) electrons. The van der Waals surface area contributed by atoms with E-state index in [2.05, 4.69) is 14.6 Å². The van der Waals surface area contributed by atoms with E-state index in [0.717, 1.165) is 0 Å². The van der Waals surface area contributed by atoms with Crippen molar-refractivity contribution in [3.63, 3.8) is 0 Å². The molecule has 0 unspecified atom stereocenters. The largest absolute Gasteiger partial charge is 0.476 e. The second kappa shape index (κ2) is 6.64. The SMILES string of the molecule is COCCS(=O)(=O)NCCn1nc(C(=O)O)cc1C. The first kappa shape index (κ1) is 15.6. The van der Waals surface area contributed by atoms with Gasteiger partial charge in [-0.1, -0.05) is 0 Å². The van der Waals surface area contributed by atoms with Gasteiger partial charge in [-0.25, -0.2) is 17.9 Å². The zero-order valence-electron chi connectivity index (χ0n) is 10.8. The van der Waals surface area contributed by atoms with Crippen LogP contribution in [0.2, 0.25) is 0 Å². The first-order valence-electron chi connectivity index (χ1n) is 5.60. The highest BCUT2D eigenvalue weighted by atomic mass is 32.2. The molecule has 2 N–H and O–H groups in total.